The van der Waals surface area contributed by atoms with Crippen molar-refractivity contribution in [1.82, 2.24) is 5.43 Å². The molecule has 1 N–H and O–H groups in total. The van der Waals surface area contributed by atoms with E-state index in [1.54, 1.807) is 49.4 Å². The molecule has 0 fully saturated rings. The number of rotatable bonds is 5. The van der Waals surface area contributed by atoms with E-state index in [1.165, 1.54) is 6.21 Å². The number of halogens is 3. The van der Waals surface area contributed by atoms with Crippen molar-refractivity contribution in [1.29, 1.82) is 0 Å². The van der Waals surface area contributed by atoms with E-state index in [2.05, 4.69) is 10.5 Å². The highest BCUT2D eigenvalue weighted by Crippen LogP contribution is 2.22. The molecule has 0 aliphatic carbocycles. The normalized spacial score (nSPS) is 12.2. The van der Waals surface area contributed by atoms with E-state index < -0.39 is 12.0 Å². The van der Waals surface area contributed by atoms with Crippen LogP contribution < -0.4 is 10.2 Å². The van der Waals surface area contributed by atoms with E-state index in [1.807, 2.05) is 0 Å². The zero-order chi connectivity index (χ0) is 16.8. The predicted octanol–water partition coefficient (Wildman–Crippen LogP) is 4.56. The van der Waals surface area contributed by atoms with Crippen molar-refractivity contribution in [2.75, 3.05) is 0 Å². The number of carbonyl (C=O) groups excluding carboxylic acids is 1. The number of nitrogens with zero attached hydrogens (tertiary/aromatic N) is 1. The molecule has 1 amide bonds. The van der Waals surface area contributed by atoms with Crippen molar-refractivity contribution in [3.63, 3.8) is 0 Å². The molecule has 0 radical (unpaired) electrons. The summed E-state index contributed by atoms with van der Waals surface area (Å²) in [5.41, 5.74) is 2.90. The van der Waals surface area contributed by atoms with Crippen LogP contribution in [0.25, 0.3) is 0 Å². The van der Waals surface area contributed by atoms with Gasteiger partial charge < -0.3 is 4.74 Å². The van der Waals surface area contributed by atoms with Crippen LogP contribution in [0, 0.1) is 0 Å². The maximum atomic E-state index is 11.9. The quantitative estimate of drug-likeness (QED) is 0.618. The van der Waals surface area contributed by atoms with Crippen LogP contribution in [-0.2, 0) is 4.79 Å². The average Bonchev–Trinajstić information content (AvgIpc) is 2.50. The zero-order valence-corrected chi connectivity index (χ0v) is 14.4. The van der Waals surface area contributed by atoms with Crippen LogP contribution in [0.15, 0.2) is 47.6 Å². The molecule has 4 nitrogen and oxygen atoms in total. The molecule has 2 rings (SSSR count). The van der Waals surface area contributed by atoms with Gasteiger partial charge >= 0.3 is 0 Å². The Morgan fingerprint density at radius 1 is 1.17 bits per heavy atom. The monoisotopic (exact) mass is 370 g/mol. The van der Waals surface area contributed by atoms with Gasteiger partial charge in [-0.3, -0.25) is 4.79 Å². The Hall–Kier alpha value is -1.75. The second-order valence-corrected chi connectivity index (χ2v) is 5.84. The maximum Gasteiger partial charge on any atom is 0.280 e. The lowest BCUT2D eigenvalue weighted by atomic mass is 10.2. The van der Waals surface area contributed by atoms with Crippen LogP contribution in [0.1, 0.15) is 12.5 Å². The topological polar surface area (TPSA) is 50.7 Å². The molecule has 120 valence electrons. The highest BCUT2D eigenvalue weighted by atomic mass is 35.5. The lowest BCUT2D eigenvalue weighted by molar-refractivity contribution is -0.127. The summed E-state index contributed by atoms with van der Waals surface area (Å²) < 4.78 is 5.48. The minimum atomic E-state index is -0.743. The van der Waals surface area contributed by atoms with Gasteiger partial charge in [-0.05, 0) is 37.3 Å². The molecule has 0 spiro atoms. The van der Waals surface area contributed by atoms with Crippen LogP contribution in [-0.4, -0.2) is 18.2 Å². The summed E-state index contributed by atoms with van der Waals surface area (Å²) >= 11 is 17.9. The first kappa shape index (κ1) is 17.6. The summed E-state index contributed by atoms with van der Waals surface area (Å²) in [6.07, 6.45) is 0.640. The number of nitrogens with one attached hydrogen (secondary N) is 1. The summed E-state index contributed by atoms with van der Waals surface area (Å²) in [4.78, 5) is 11.9. The standard InChI is InChI=1S/C16H13Cl3N2O2/c1-10(23-12-5-2-4-11(17)8-12)16(22)21-20-9-13-14(18)6-3-7-15(13)19/h2-10H,1H3,(H,21,22)/b20-9-/t10-/m0/s1. The van der Waals surface area contributed by atoms with Gasteiger partial charge in [0, 0.05) is 10.6 Å². The Labute approximate surface area is 149 Å². The van der Waals surface area contributed by atoms with Gasteiger partial charge in [0.25, 0.3) is 5.91 Å². The predicted molar refractivity (Wildman–Crippen MR) is 93.7 cm³/mol. The molecule has 0 aliphatic heterocycles. The largest absolute Gasteiger partial charge is 0.481 e. The van der Waals surface area contributed by atoms with Crippen molar-refractivity contribution < 1.29 is 9.53 Å². The van der Waals surface area contributed by atoms with Crippen molar-refractivity contribution >= 4 is 46.9 Å². The molecule has 0 saturated heterocycles. The minimum Gasteiger partial charge on any atom is -0.481 e. The van der Waals surface area contributed by atoms with Crippen molar-refractivity contribution in [3.05, 3.63) is 63.1 Å². The number of hydrazone groups is 1. The van der Waals surface area contributed by atoms with E-state index >= 15 is 0 Å². The first-order valence-electron chi connectivity index (χ1n) is 6.66. The Morgan fingerprint density at radius 2 is 1.83 bits per heavy atom. The average molecular weight is 372 g/mol. The Morgan fingerprint density at radius 3 is 2.48 bits per heavy atom. The summed E-state index contributed by atoms with van der Waals surface area (Å²) in [5.74, 6) is 0.0858. The summed E-state index contributed by atoms with van der Waals surface area (Å²) in [5, 5.41) is 5.26. The molecule has 0 aromatic heterocycles. The molecule has 0 unspecified atom stereocenters. The fourth-order valence-electron chi connectivity index (χ4n) is 1.68. The molecule has 0 heterocycles. The molecular formula is C16H13Cl3N2O2. The smallest absolute Gasteiger partial charge is 0.280 e. The van der Waals surface area contributed by atoms with Crippen LogP contribution in [0.5, 0.6) is 5.75 Å². The summed E-state index contributed by atoms with van der Waals surface area (Å²) in [7, 11) is 0. The highest BCUT2D eigenvalue weighted by molar-refractivity contribution is 6.38. The second kappa shape index (κ2) is 8.20. The molecule has 0 saturated carbocycles. The number of hydrogen-bond donors (Lipinski definition) is 1. The number of hydrogen-bond acceptors (Lipinski definition) is 3. The van der Waals surface area contributed by atoms with E-state index in [0.717, 1.165) is 0 Å². The van der Waals surface area contributed by atoms with Crippen LogP contribution in [0.2, 0.25) is 15.1 Å². The van der Waals surface area contributed by atoms with Gasteiger partial charge in [-0.1, -0.05) is 46.9 Å². The molecule has 0 bridgehead atoms. The highest BCUT2D eigenvalue weighted by Gasteiger charge is 2.14. The summed E-state index contributed by atoms with van der Waals surface area (Å²) in [6, 6.07) is 11.9. The van der Waals surface area contributed by atoms with E-state index in [0.29, 0.717) is 26.4 Å². The van der Waals surface area contributed by atoms with Gasteiger partial charge in [0.15, 0.2) is 6.10 Å². The fourth-order valence-corrected chi connectivity index (χ4v) is 2.36. The number of ether oxygens (including phenoxy) is 1. The second-order valence-electron chi connectivity index (χ2n) is 4.59. The van der Waals surface area contributed by atoms with Crippen LogP contribution in [0.3, 0.4) is 0 Å². The molecule has 0 aliphatic rings. The molecule has 23 heavy (non-hydrogen) atoms. The van der Waals surface area contributed by atoms with Gasteiger partial charge in [-0.15, -0.1) is 0 Å². The number of amides is 1. The van der Waals surface area contributed by atoms with Crippen molar-refractivity contribution in [2.45, 2.75) is 13.0 Å². The van der Waals surface area contributed by atoms with Crippen molar-refractivity contribution in [3.8, 4) is 5.75 Å². The van der Waals surface area contributed by atoms with Gasteiger partial charge in [-0.2, -0.15) is 5.10 Å². The number of carbonyl (C=O) groups is 1. The minimum absolute atomic E-state index is 0.413. The molecule has 2 aromatic rings. The van der Waals surface area contributed by atoms with E-state index in [9.17, 15) is 4.79 Å². The van der Waals surface area contributed by atoms with Crippen LogP contribution in [0.4, 0.5) is 0 Å². The SMILES string of the molecule is C[C@H](Oc1cccc(Cl)c1)C(=O)N/N=C\c1c(Cl)cccc1Cl. The van der Waals surface area contributed by atoms with Gasteiger partial charge in [0.05, 0.1) is 16.3 Å². The Kier molecular flexibility index (Phi) is 6.28. The Balaban J connectivity index is 1.95. The first-order valence-corrected chi connectivity index (χ1v) is 7.80. The molecule has 2 aromatic carbocycles. The first-order chi connectivity index (χ1) is 11.0. The Bertz CT molecular complexity index is 715. The fraction of sp³-hybridized carbons (Fsp3) is 0.125. The van der Waals surface area contributed by atoms with Crippen LogP contribution >= 0.6 is 34.8 Å². The third-order valence-corrected chi connectivity index (χ3v) is 3.74. The van der Waals surface area contributed by atoms with E-state index in [-0.39, 0.29) is 0 Å². The third kappa shape index (κ3) is 5.13. The molecule has 1 atom stereocenters. The van der Waals surface area contributed by atoms with Crippen molar-refractivity contribution in [2.24, 2.45) is 5.10 Å². The molecular weight excluding hydrogens is 359 g/mol. The lowest BCUT2D eigenvalue weighted by Crippen LogP contribution is -2.33. The van der Waals surface area contributed by atoms with E-state index in [4.69, 9.17) is 39.5 Å². The zero-order valence-electron chi connectivity index (χ0n) is 12.1. The molecule has 7 heteroatoms. The lowest BCUT2D eigenvalue weighted by Gasteiger charge is -2.13. The maximum absolute atomic E-state index is 11.9. The van der Waals surface area contributed by atoms with Gasteiger partial charge in [-0.25, -0.2) is 5.43 Å². The van der Waals surface area contributed by atoms with Gasteiger partial charge in [0.1, 0.15) is 5.75 Å². The summed E-state index contributed by atoms with van der Waals surface area (Å²) in [6.45, 7) is 1.61. The number of benzene rings is 2. The third-order valence-electron chi connectivity index (χ3n) is 2.85. The van der Waals surface area contributed by atoms with Gasteiger partial charge in [0.2, 0.25) is 0 Å².